The number of amidine groups is 1. The molecule has 1 heterocycles. The number of hydrogen-bond donors (Lipinski definition) is 2. The highest BCUT2D eigenvalue weighted by Gasteiger charge is 2.32. The van der Waals surface area contributed by atoms with Gasteiger partial charge in [-0.3, -0.25) is 14.5 Å². The lowest BCUT2D eigenvalue weighted by Gasteiger charge is -2.15. The Labute approximate surface area is 118 Å². The number of nitrogens with zero attached hydrogens (tertiary/aromatic N) is 1. The van der Waals surface area contributed by atoms with Crippen molar-refractivity contribution in [2.45, 2.75) is 24.8 Å². The first-order chi connectivity index (χ1) is 9.36. The van der Waals surface area contributed by atoms with Crippen molar-refractivity contribution in [1.82, 2.24) is 10.0 Å². The molecule has 1 amide bonds. The maximum atomic E-state index is 12.0. The zero-order valence-corrected chi connectivity index (χ0v) is 12.4. The molecule has 0 aromatic heterocycles. The van der Waals surface area contributed by atoms with Crippen molar-refractivity contribution in [2.75, 3.05) is 7.05 Å². The van der Waals surface area contributed by atoms with Crippen LogP contribution in [0.25, 0.3) is 0 Å². The van der Waals surface area contributed by atoms with Crippen molar-refractivity contribution in [2.24, 2.45) is 10.9 Å². The number of rotatable bonds is 3. The van der Waals surface area contributed by atoms with Gasteiger partial charge in [-0.25, -0.2) is 8.42 Å². The summed E-state index contributed by atoms with van der Waals surface area (Å²) in [5, 5.41) is 2.54. The van der Waals surface area contributed by atoms with E-state index in [1.807, 2.05) is 13.8 Å². The largest absolute Gasteiger partial charge is 0.357 e. The Morgan fingerprint density at radius 2 is 1.95 bits per heavy atom. The average molecular weight is 295 g/mol. The molecule has 0 bridgehead atoms. The van der Waals surface area contributed by atoms with Gasteiger partial charge in [-0.1, -0.05) is 26.0 Å². The minimum atomic E-state index is -3.57. The first-order valence-corrected chi connectivity index (χ1v) is 7.76. The van der Waals surface area contributed by atoms with E-state index < -0.39 is 16.1 Å². The van der Waals surface area contributed by atoms with E-state index in [0.717, 1.165) is 0 Å². The Hall–Kier alpha value is -1.89. The third-order valence-corrected chi connectivity index (χ3v) is 4.47. The summed E-state index contributed by atoms with van der Waals surface area (Å²) < 4.78 is 26.3. The van der Waals surface area contributed by atoms with Gasteiger partial charge in [-0.15, -0.1) is 0 Å². The van der Waals surface area contributed by atoms with Crippen LogP contribution in [0.4, 0.5) is 0 Å². The summed E-state index contributed by atoms with van der Waals surface area (Å²) in [6, 6.07) is 5.95. The number of nitrogens with one attached hydrogen (secondary N) is 2. The number of benzene rings is 1. The maximum absolute atomic E-state index is 12.0. The van der Waals surface area contributed by atoms with Crippen LogP contribution in [0.5, 0.6) is 0 Å². The van der Waals surface area contributed by atoms with Crippen LogP contribution in [0.1, 0.15) is 19.4 Å². The molecular formula is C13H17N3O3S. The van der Waals surface area contributed by atoms with Gasteiger partial charge < -0.3 is 5.32 Å². The molecule has 0 aliphatic carbocycles. The zero-order chi connectivity index (χ0) is 14.9. The van der Waals surface area contributed by atoms with E-state index in [2.05, 4.69) is 15.0 Å². The van der Waals surface area contributed by atoms with E-state index in [4.69, 9.17) is 0 Å². The van der Waals surface area contributed by atoms with Crippen molar-refractivity contribution in [3.05, 3.63) is 29.8 Å². The minimum Gasteiger partial charge on any atom is -0.357 e. The van der Waals surface area contributed by atoms with Crippen molar-refractivity contribution in [3.63, 3.8) is 0 Å². The van der Waals surface area contributed by atoms with Gasteiger partial charge in [0.05, 0.1) is 4.90 Å². The molecule has 108 valence electrons. The molecule has 1 aromatic carbocycles. The van der Waals surface area contributed by atoms with Gasteiger partial charge in [0.15, 0.2) is 0 Å². The number of hydrogen-bond acceptors (Lipinski definition) is 4. The second-order valence-electron chi connectivity index (χ2n) is 4.88. The summed E-state index contributed by atoms with van der Waals surface area (Å²) in [5.74, 6) is -0.0568. The van der Waals surface area contributed by atoms with Crippen LogP contribution < -0.4 is 10.0 Å². The van der Waals surface area contributed by atoms with Gasteiger partial charge in [0.25, 0.3) is 10.0 Å². The monoisotopic (exact) mass is 295 g/mol. The minimum absolute atomic E-state index is 0.0419. The van der Waals surface area contributed by atoms with E-state index in [-0.39, 0.29) is 22.6 Å². The Morgan fingerprint density at radius 3 is 2.55 bits per heavy atom. The van der Waals surface area contributed by atoms with E-state index in [1.54, 1.807) is 18.2 Å². The van der Waals surface area contributed by atoms with E-state index in [9.17, 15) is 13.2 Å². The molecule has 7 heteroatoms. The summed E-state index contributed by atoms with van der Waals surface area (Å²) in [5.41, 5.74) is 0.502. The van der Waals surface area contributed by atoms with E-state index in [1.165, 1.54) is 13.1 Å². The predicted octanol–water partition coefficient (Wildman–Crippen LogP) is 0.496. The van der Waals surface area contributed by atoms with Crippen LogP contribution in [0, 0.1) is 5.92 Å². The Morgan fingerprint density at radius 1 is 1.30 bits per heavy atom. The highest BCUT2D eigenvalue weighted by Crippen LogP contribution is 2.23. The molecule has 2 N–H and O–H groups in total. The van der Waals surface area contributed by atoms with E-state index >= 15 is 0 Å². The second-order valence-corrected chi connectivity index (χ2v) is 6.53. The molecule has 1 aliphatic rings. The molecule has 0 saturated carbocycles. The van der Waals surface area contributed by atoms with Gasteiger partial charge >= 0.3 is 0 Å². The van der Waals surface area contributed by atoms with Crippen LogP contribution in [-0.4, -0.2) is 33.3 Å². The van der Waals surface area contributed by atoms with Gasteiger partial charge in [0.1, 0.15) is 11.9 Å². The van der Waals surface area contributed by atoms with E-state index in [0.29, 0.717) is 5.56 Å². The van der Waals surface area contributed by atoms with Crippen molar-refractivity contribution < 1.29 is 13.2 Å². The Bertz CT molecular complexity index is 665. The number of aliphatic imine (C=N–C) groups is 1. The standard InChI is InChI=1S/C13H17N3O3S/c1-8(2)11(13(17)14-3)15-12-9-6-4-5-7-10(9)20(18,19)16-12/h4-8,11H,1-3H3,(H,14,17)(H,15,16)/t11-/m1/s1. The second kappa shape index (κ2) is 5.24. The summed E-state index contributed by atoms with van der Waals surface area (Å²) in [6.07, 6.45) is 0. The molecule has 1 aliphatic heterocycles. The SMILES string of the molecule is CNC(=O)[C@H](N=C1NS(=O)(=O)c2ccccc21)C(C)C. The first-order valence-electron chi connectivity index (χ1n) is 6.28. The quantitative estimate of drug-likeness (QED) is 0.851. The van der Waals surface area contributed by atoms with Gasteiger partial charge in [-0.05, 0) is 18.1 Å². The fourth-order valence-corrected chi connectivity index (χ4v) is 3.27. The molecule has 1 atom stereocenters. The van der Waals surface area contributed by atoms with Crippen molar-refractivity contribution in [1.29, 1.82) is 0 Å². The number of fused-ring (bicyclic) bond motifs is 1. The molecule has 0 fully saturated rings. The smallest absolute Gasteiger partial charge is 0.263 e. The molecule has 0 spiro atoms. The summed E-state index contributed by atoms with van der Waals surface area (Å²) in [6.45, 7) is 3.72. The topological polar surface area (TPSA) is 87.6 Å². The molecule has 1 aromatic rings. The number of sulfonamides is 1. The van der Waals surface area contributed by atoms with Crippen LogP contribution in [0.2, 0.25) is 0 Å². The number of amides is 1. The normalized spacial score (nSPS) is 19.5. The zero-order valence-electron chi connectivity index (χ0n) is 11.5. The molecule has 20 heavy (non-hydrogen) atoms. The number of carbonyl (C=O) groups is 1. The Kier molecular flexibility index (Phi) is 3.80. The molecular weight excluding hydrogens is 278 g/mol. The van der Waals surface area contributed by atoms with Crippen LogP contribution in [0.15, 0.2) is 34.2 Å². The third kappa shape index (κ3) is 2.53. The fourth-order valence-electron chi connectivity index (χ4n) is 2.03. The summed E-state index contributed by atoms with van der Waals surface area (Å²) in [7, 11) is -2.04. The molecule has 0 radical (unpaired) electrons. The lowest BCUT2D eigenvalue weighted by Crippen LogP contribution is -2.36. The third-order valence-electron chi connectivity index (χ3n) is 3.08. The Balaban J connectivity index is 2.49. The first kappa shape index (κ1) is 14.5. The predicted molar refractivity (Wildman–Crippen MR) is 76.0 cm³/mol. The lowest BCUT2D eigenvalue weighted by atomic mass is 10.0. The fraction of sp³-hybridized carbons (Fsp3) is 0.385. The number of carbonyl (C=O) groups excluding carboxylic acids is 1. The van der Waals surface area contributed by atoms with Crippen LogP contribution in [0.3, 0.4) is 0 Å². The van der Waals surface area contributed by atoms with Crippen molar-refractivity contribution >= 4 is 21.8 Å². The molecule has 0 saturated heterocycles. The summed E-state index contributed by atoms with van der Waals surface area (Å²) in [4.78, 5) is 16.3. The highest BCUT2D eigenvalue weighted by molar-refractivity contribution is 7.90. The van der Waals surface area contributed by atoms with Gasteiger partial charge in [0.2, 0.25) is 5.91 Å². The van der Waals surface area contributed by atoms with Gasteiger partial charge in [-0.2, -0.15) is 0 Å². The summed E-state index contributed by atoms with van der Waals surface area (Å²) >= 11 is 0. The molecule has 6 nitrogen and oxygen atoms in total. The number of likely N-dealkylation sites (N-methyl/N-ethyl adjacent to an activating group) is 1. The highest BCUT2D eigenvalue weighted by atomic mass is 32.2. The van der Waals surface area contributed by atoms with Crippen molar-refractivity contribution in [3.8, 4) is 0 Å². The molecule has 2 rings (SSSR count). The average Bonchev–Trinajstić information content (AvgIpc) is 2.67. The molecule has 0 unspecified atom stereocenters. The van der Waals surface area contributed by atoms with Crippen LogP contribution >= 0.6 is 0 Å². The maximum Gasteiger partial charge on any atom is 0.263 e. The van der Waals surface area contributed by atoms with Gasteiger partial charge in [0, 0.05) is 12.6 Å². The lowest BCUT2D eigenvalue weighted by molar-refractivity contribution is -0.122. The van der Waals surface area contributed by atoms with Crippen LogP contribution in [-0.2, 0) is 14.8 Å².